The molecule has 0 aromatic heterocycles. The number of carbonyl (C=O) groups is 3. The lowest BCUT2D eigenvalue weighted by Crippen LogP contribution is -2.76. The van der Waals surface area contributed by atoms with Gasteiger partial charge in [-0.05, 0) is 35.6 Å². The number of nitrogens with zero attached hydrogens (tertiary/aromatic N) is 4. The van der Waals surface area contributed by atoms with Crippen molar-refractivity contribution < 1.29 is 42.0 Å². The number of β-lactam (4-membered cyclic amide) rings is 1. The first-order valence-electron chi connectivity index (χ1n) is 16.5. The summed E-state index contributed by atoms with van der Waals surface area (Å²) in [7, 11) is -3.99. The van der Waals surface area contributed by atoms with E-state index in [4.69, 9.17) is 5.73 Å². The fourth-order valence-corrected chi connectivity index (χ4v) is 10.6. The number of aliphatic carboxylic acids is 1. The average molecular weight is 669 g/mol. The van der Waals surface area contributed by atoms with Gasteiger partial charge in [-0.15, -0.1) is 0 Å². The summed E-state index contributed by atoms with van der Waals surface area (Å²) in [5, 5.41) is 24.8. The van der Waals surface area contributed by atoms with Crippen molar-refractivity contribution in [1.82, 2.24) is 10.2 Å². The molecule has 4 atom stereocenters. The fourth-order valence-electron chi connectivity index (χ4n) is 8.93. The number of carbonyl (C=O) groups excluding carboxylic acids is 2. The molecule has 2 bridgehead atoms. The Morgan fingerprint density at radius 1 is 1.09 bits per heavy atom. The van der Waals surface area contributed by atoms with E-state index >= 15 is 0 Å². The number of hydrogen-bond donors (Lipinski definition) is 4. The monoisotopic (exact) mass is 668 g/mol. The van der Waals surface area contributed by atoms with Crippen LogP contribution in [0.3, 0.4) is 0 Å². The van der Waals surface area contributed by atoms with Crippen LogP contribution < -0.4 is 15.4 Å². The quantitative estimate of drug-likeness (QED) is 0.189. The Balaban J connectivity index is 1.13. The molecule has 14 heteroatoms. The predicted molar refractivity (Wildman–Crippen MR) is 173 cm³/mol. The van der Waals surface area contributed by atoms with Crippen molar-refractivity contribution in [3.05, 3.63) is 47.2 Å². The number of piperazine rings is 3. The summed E-state index contributed by atoms with van der Waals surface area (Å²) in [5.41, 5.74) is 7.31. The van der Waals surface area contributed by atoms with Crippen LogP contribution in [0.25, 0.3) is 10.8 Å². The van der Waals surface area contributed by atoms with E-state index in [2.05, 4.69) is 5.32 Å². The molecule has 0 radical (unpaired) electrons. The van der Waals surface area contributed by atoms with Crippen LogP contribution >= 0.6 is 0 Å². The molecular formula is C33H44N6O7S+2. The molecule has 6 heterocycles. The van der Waals surface area contributed by atoms with Crippen LogP contribution in [0, 0.1) is 11.8 Å². The summed E-state index contributed by atoms with van der Waals surface area (Å²) in [5.74, 6) is -2.83. The van der Waals surface area contributed by atoms with E-state index in [-0.39, 0.29) is 23.0 Å². The van der Waals surface area contributed by atoms with E-state index < -0.39 is 45.9 Å². The number of fused-ring (bicyclic) bond motifs is 4. The zero-order valence-corrected chi connectivity index (χ0v) is 27.7. The van der Waals surface area contributed by atoms with Gasteiger partial charge in [-0.3, -0.25) is 13.9 Å². The van der Waals surface area contributed by atoms with Crippen LogP contribution in [0.2, 0.25) is 0 Å². The summed E-state index contributed by atoms with van der Waals surface area (Å²) < 4.78 is 31.2. The van der Waals surface area contributed by atoms with Crippen LogP contribution in [-0.4, -0.2) is 134 Å². The molecule has 0 saturated carbocycles. The Hall–Kier alpha value is -3.56. The molecule has 47 heavy (non-hydrogen) atoms. The first kappa shape index (κ1) is 32.0. The zero-order chi connectivity index (χ0) is 33.5. The Bertz CT molecular complexity index is 1800. The molecule has 8 rings (SSSR count). The lowest BCUT2D eigenvalue weighted by Gasteiger charge is -2.55. The van der Waals surface area contributed by atoms with Crippen LogP contribution in [0.5, 0.6) is 0 Å². The van der Waals surface area contributed by atoms with Gasteiger partial charge in [0.25, 0.3) is 15.9 Å². The summed E-state index contributed by atoms with van der Waals surface area (Å²) >= 11 is 0. The molecule has 0 aliphatic carbocycles. The number of amides is 2. The van der Waals surface area contributed by atoms with E-state index in [1.165, 1.54) is 16.1 Å². The van der Waals surface area contributed by atoms with E-state index in [1.54, 1.807) is 19.1 Å². The van der Waals surface area contributed by atoms with Crippen molar-refractivity contribution in [2.45, 2.75) is 37.3 Å². The topological polar surface area (TPSA) is 170 Å². The molecule has 5 N–H and O–H groups in total. The van der Waals surface area contributed by atoms with Crippen molar-refractivity contribution in [1.29, 1.82) is 0 Å². The van der Waals surface area contributed by atoms with E-state index in [0.717, 1.165) is 72.1 Å². The first-order chi connectivity index (χ1) is 22.3. The minimum atomic E-state index is -3.99. The Morgan fingerprint density at radius 2 is 1.77 bits per heavy atom. The number of benzene rings is 2. The van der Waals surface area contributed by atoms with Crippen LogP contribution in [0.4, 0.5) is 5.69 Å². The average Bonchev–Trinajstić information content (AvgIpc) is 3.41. The van der Waals surface area contributed by atoms with Gasteiger partial charge < -0.3 is 35.1 Å². The third-order valence-electron chi connectivity index (χ3n) is 11.7. The second-order valence-corrected chi connectivity index (χ2v) is 16.0. The van der Waals surface area contributed by atoms with Crippen molar-refractivity contribution in [2.24, 2.45) is 17.6 Å². The maximum Gasteiger partial charge on any atom is 0.352 e. The number of nitrogens with one attached hydrogen (secondary N) is 1. The van der Waals surface area contributed by atoms with E-state index in [9.17, 15) is 33.0 Å². The summed E-state index contributed by atoms with van der Waals surface area (Å²) in [4.78, 5) is 39.1. The van der Waals surface area contributed by atoms with Crippen molar-refractivity contribution >= 4 is 44.3 Å². The normalized spacial score (nSPS) is 30.9. The van der Waals surface area contributed by atoms with Crippen LogP contribution in [-0.2, 0) is 30.8 Å². The molecule has 6 aliphatic heterocycles. The van der Waals surface area contributed by atoms with Gasteiger partial charge in [0.15, 0.2) is 6.54 Å². The number of rotatable bonds is 11. The highest BCUT2D eigenvalue weighted by atomic mass is 32.2. The summed E-state index contributed by atoms with van der Waals surface area (Å²) in [6.45, 7) is 11.4. The highest BCUT2D eigenvalue weighted by molar-refractivity contribution is 7.93. The minimum absolute atomic E-state index is 0.0643. The molecule has 2 amide bonds. The smallest absolute Gasteiger partial charge is 0.352 e. The maximum atomic E-state index is 14.0. The standard InChI is InChI=1S/C33H42N6O7S/c1-20-24(31(33(43)44)37-30(20)28(21(2)40)32(37)42)18-36-25-5-3-4-23-22(6-7-26(29(23)25)47(36,45)46)8-11-38-12-15-39(16-13-38,17-14-38)19-27(41)35-10-9-34/h3-7,20-21,28,30,40H,8-19,34H2,1-2H3/p+2/t20-,21?,28?,30?,38?,39?/m0/s1. The Morgan fingerprint density at radius 3 is 2.40 bits per heavy atom. The van der Waals surface area contributed by atoms with Crippen LogP contribution in [0.15, 0.2) is 46.5 Å². The number of anilines is 1. The third kappa shape index (κ3) is 4.87. The van der Waals surface area contributed by atoms with Crippen molar-refractivity contribution in [2.75, 3.05) is 76.3 Å². The number of hydrogen-bond acceptors (Lipinski definition) is 7. The van der Waals surface area contributed by atoms with Crippen molar-refractivity contribution in [3.63, 3.8) is 0 Å². The van der Waals surface area contributed by atoms with Gasteiger partial charge in [0.2, 0.25) is 5.91 Å². The SMILES string of the molecule is CC(O)C1C(=O)N2C(C(=O)O)=C(CN3c4cccc5c(CC[N+]67CC[N+](CC(=O)NCCN)(CC6)CC7)ccc(c45)S3(=O)=O)[C@H](C)C12. The first-order valence-corrected chi connectivity index (χ1v) is 18.0. The van der Waals surface area contributed by atoms with Gasteiger partial charge in [0.05, 0.1) is 41.7 Å². The predicted octanol–water partition coefficient (Wildman–Crippen LogP) is -0.177. The van der Waals surface area contributed by atoms with E-state index in [1.807, 2.05) is 18.2 Å². The van der Waals surface area contributed by atoms with Crippen LogP contribution in [0.1, 0.15) is 19.4 Å². The molecule has 6 aliphatic rings. The molecule has 2 aromatic carbocycles. The summed E-state index contributed by atoms with van der Waals surface area (Å²) in [6.07, 6.45) is -0.162. The maximum absolute atomic E-state index is 14.0. The number of carboxylic acid groups (broad SMARTS) is 1. The molecule has 2 aromatic rings. The second kappa shape index (κ2) is 11.3. The second-order valence-electron chi connectivity index (χ2n) is 14.2. The number of aliphatic hydroxyl groups is 1. The number of nitrogens with two attached hydrogens (primary N) is 1. The number of aliphatic hydroxyl groups excluding tert-OH is 1. The molecule has 3 unspecified atom stereocenters. The summed E-state index contributed by atoms with van der Waals surface area (Å²) in [6, 6.07) is 8.64. The van der Waals surface area contributed by atoms with Crippen molar-refractivity contribution in [3.8, 4) is 0 Å². The van der Waals surface area contributed by atoms with Gasteiger partial charge in [-0.25, -0.2) is 13.2 Å². The molecule has 13 nitrogen and oxygen atoms in total. The Kier molecular flexibility index (Phi) is 7.67. The van der Waals surface area contributed by atoms with Gasteiger partial charge in [0.1, 0.15) is 45.0 Å². The molecular weight excluding hydrogens is 624 g/mol. The van der Waals surface area contributed by atoms with Gasteiger partial charge in [-0.2, -0.15) is 0 Å². The van der Waals surface area contributed by atoms with Gasteiger partial charge in [-0.1, -0.05) is 25.1 Å². The highest BCUT2D eigenvalue weighted by Crippen LogP contribution is 2.50. The minimum Gasteiger partial charge on any atom is -0.477 e. The van der Waals surface area contributed by atoms with E-state index in [0.29, 0.717) is 36.3 Å². The lowest BCUT2D eigenvalue weighted by molar-refractivity contribution is -1.08. The fraction of sp³-hybridized carbons (Fsp3) is 0.545. The largest absolute Gasteiger partial charge is 0.477 e. The molecule has 252 valence electrons. The lowest BCUT2D eigenvalue weighted by atomic mass is 9.78. The number of sulfonamides is 1. The molecule has 0 spiro atoms. The third-order valence-corrected chi connectivity index (χ3v) is 13.5. The number of carboxylic acids is 1. The molecule has 4 saturated heterocycles. The van der Waals surface area contributed by atoms with Gasteiger partial charge >= 0.3 is 5.97 Å². The number of quaternary nitrogens is 2. The molecule has 4 fully saturated rings. The Labute approximate surface area is 274 Å². The zero-order valence-electron chi connectivity index (χ0n) is 26.9. The van der Waals surface area contributed by atoms with Gasteiger partial charge in [0, 0.05) is 30.8 Å². The highest BCUT2D eigenvalue weighted by Gasteiger charge is 2.60.